The van der Waals surface area contributed by atoms with E-state index in [1.54, 1.807) is 12.1 Å². The summed E-state index contributed by atoms with van der Waals surface area (Å²) in [4.78, 5) is 9.23. The molecule has 10 heteroatoms. The maximum atomic E-state index is 11.6. The quantitative estimate of drug-likeness (QED) is 0.158. The van der Waals surface area contributed by atoms with Crippen LogP contribution in [0, 0.1) is 6.92 Å². The highest BCUT2D eigenvalue weighted by molar-refractivity contribution is 14.0. The molecule has 0 amide bonds. The number of aryl methyl sites for hydroxylation is 2. The molecule has 0 radical (unpaired) electrons. The van der Waals surface area contributed by atoms with Gasteiger partial charge in [-0.25, -0.2) is 18.4 Å². The molecule has 3 rings (SSSR count). The first-order valence-electron chi connectivity index (χ1n) is 10.4. The van der Waals surface area contributed by atoms with Crippen LogP contribution >= 0.6 is 24.0 Å². The molecule has 32 heavy (non-hydrogen) atoms. The molecule has 0 saturated carbocycles. The van der Waals surface area contributed by atoms with Crippen molar-refractivity contribution in [2.45, 2.75) is 33.4 Å². The lowest BCUT2D eigenvalue weighted by atomic mass is 10.2. The Balaban J connectivity index is 0.00000363. The average Bonchev–Trinajstić information content (AvgIpc) is 3.04. The van der Waals surface area contributed by atoms with Gasteiger partial charge >= 0.3 is 0 Å². The number of imidazole rings is 1. The minimum absolute atomic E-state index is 0. The Morgan fingerprint density at radius 2 is 1.81 bits per heavy atom. The minimum atomic E-state index is -3.34. The van der Waals surface area contributed by atoms with Crippen LogP contribution in [0.1, 0.15) is 24.7 Å². The fourth-order valence-corrected chi connectivity index (χ4v) is 3.98. The summed E-state index contributed by atoms with van der Waals surface area (Å²) < 4.78 is 28.0. The van der Waals surface area contributed by atoms with Crippen LogP contribution in [0.4, 0.5) is 5.69 Å². The predicted octanol–water partition coefficient (Wildman–Crippen LogP) is 3.48. The number of halogens is 1. The Labute approximate surface area is 207 Å². The molecular weight excluding hydrogens is 539 g/mol. The smallest absolute Gasteiger partial charge is 0.229 e. The highest BCUT2D eigenvalue weighted by Gasteiger charge is 2.08. The summed E-state index contributed by atoms with van der Waals surface area (Å²) >= 11 is 0. The average molecular weight is 571 g/mol. The molecule has 3 aromatic rings. The van der Waals surface area contributed by atoms with Gasteiger partial charge in [0.2, 0.25) is 10.0 Å². The zero-order valence-electron chi connectivity index (χ0n) is 18.6. The van der Waals surface area contributed by atoms with Crippen LogP contribution in [0.3, 0.4) is 0 Å². The molecule has 174 valence electrons. The van der Waals surface area contributed by atoms with Crippen LogP contribution in [0.25, 0.3) is 11.0 Å². The largest absolute Gasteiger partial charge is 0.357 e. The summed E-state index contributed by atoms with van der Waals surface area (Å²) in [7, 11) is -3.34. The van der Waals surface area contributed by atoms with E-state index in [4.69, 9.17) is 0 Å². The van der Waals surface area contributed by atoms with E-state index in [1.807, 2.05) is 44.2 Å². The van der Waals surface area contributed by atoms with E-state index >= 15 is 0 Å². The van der Waals surface area contributed by atoms with E-state index in [2.05, 4.69) is 36.0 Å². The number of guanidine groups is 1. The van der Waals surface area contributed by atoms with Crippen molar-refractivity contribution in [2.75, 3.05) is 24.1 Å². The monoisotopic (exact) mass is 570 g/mol. The predicted molar refractivity (Wildman–Crippen MR) is 142 cm³/mol. The van der Waals surface area contributed by atoms with Crippen molar-refractivity contribution in [3.8, 4) is 0 Å². The fourth-order valence-electron chi connectivity index (χ4n) is 3.39. The molecule has 0 fully saturated rings. The first kappa shape index (κ1) is 25.9. The molecule has 3 N–H and O–H groups in total. The lowest BCUT2D eigenvalue weighted by Gasteiger charge is -2.13. The molecule has 0 bridgehead atoms. The Hall–Kier alpha value is -2.34. The second-order valence-electron chi connectivity index (χ2n) is 7.31. The number of sulfonamides is 1. The molecule has 0 aliphatic rings. The van der Waals surface area contributed by atoms with Gasteiger partial charge in [-0.3, -0.25) is 4.72 Å². The van der Waals surface area contributed by atoms with Crippen LogP contribution in [0.15, 0.2) is 53.5 Å². The Morgan fingerprint density at radius 3 is 2.56 bits per heavy atom. The maximum absolute atomic E-state index is 11.6. The SMILES string of the molecule is CCNC(=NCc1ccccc1NS(C)(=O)=O)NCCCn1c(C)nc2ccccc21.I. The molecular formula is C22H31IN6O2S. The van der Waals surface area contributed by atoms with E-state index in [9.17, 15) is 8.42 Å². The van der Waals surface area contributed by atoms with Crippen LogP contribution < -0.4 is 15.4 Å². The number of fused-ring (bicyclic) bond motifs is 1. The molecule has 0 unspecified atom stereocenters. The molecule has 2 aromatic carbocycles. The van der Waals surface area contributed by atoms with Gasteiger partial charge in [-0.2, -0.15) is 0 Å². The fraction of sp³-hybridized carbons (Fsp3) is 0.364. The Kier molecular flexibility index (Phi) is 9.76. The van der Waals surface area contributed by atoms with Gasteiger partial charge in [0.25, 0.3) is 0 Å². The van der Waals surface area contributed by atoms with E-state index in [-0.39, 0.29) is 24.0 Å². The Bertz CT molecular complexity index is 1160. The second kappa shape index (κ2) is 12.0. The van der Waals surface area contributed by atoms with Crippen LogP contribution in [-0.2, 0) is 23.1 Å². The molecule has 1 heterocycles. The number of anilines is 1. The normalized spacial score (nSPS) is 11.8. The van der Waals surface area contributed by atoms with Crippen molar-refractivity contribution in [1.29, 1.82) is 0 Å². The number of aliphatic imine (C=N–C) groups is 1. The molecule has 8 nitrogen and oxygen atoms in total. The van der Waals surface area contributed by atoms with Crippen molar-refractivity contribution >= 4 is 56.7 Å². The summed E-state index contributed by atoms with van der Waals surface area (Å²) in [5.41, 5.74) is 3.53. The van der Waals surface area contributed by atoms with E-state index in [1.165, 1.54) is 0 Å². The van der Waals surface area contributed by atoms with Gasteiger partial charge in [0.15, 0.2) is 5.96 Å². The van der Waals surface area contributed by atoms with Gasteiger partial charge in [-0.15, -0.1) is 24.0 Å². The lowest BCUT2D eigenvalue weighted by molar-refractivity contribution is 0.606. The summed E-state index contributed by atoms with van der Waals surface area (Å²) in [6.07, 6.45) is 2.06. The highest BCUT2D eigenvalue weighted by Crippen LogP contribution is 2.17. The van der Waals surface area contributed by atoms with Gasteiger partial charge < -0.3 is 15.2 Å². The number of rotatable bonds is 9. The lowest BCUT2D eigenvalue weighted by Crippen LogP contribution is -2.38. The van der Waals surface area contributed by atoms with Gasteiger partial charge in [0.05, 0.1) is 29.5 Å². The Morgan fingerprint density at radius 1 is 1.09 bits per heavy atom. The summed E-state index contributed by atoms with van der Waals surface area (Å²) in [6, 6.07) is 15.4. The van der Waals surface area contributed by atoms with Crippen LogP contribution in [0.2, 0.25) is 0 Å². The number of hydrogen-bond donors (Lipinski definition) is 3. The molecule has 0 spiro atoms. The number of benzene rings is 2. The maximum Gasteiger partial charge on any atom is 0.229 e. The van der Waals surface area contributed by atoms with Gasteiger partial charge in [0, 0.05) is 19.6 Å². The number of aromatic nitrogens is 2. The number of nitrogens with one attached hydrogen (secondary N) is 3. The van der Waals surface area contributed by atoms with Crippen LogP contribution in [0.5, 0.6) is 0 Å². The van der Waals surface area contributed by atoms with Crippen molar-refractivity contribution in [2.24, 2.45) is 4.99 Å². The van der Waals surface area contributed by atoms with E-state index < -0.39 is 10.0 Å². The third-order valence-corrected chi connectivity index (χ3v) is 5.35. The van der Waals surface area contributed by atoms with Crippen molar-refractivity contribution in [3.63, 3.8) is 0 Å². The standard InChI is InChI=1S/C22H30N6O2S.HI/c1-4-23-22(25-16-18-10-5-6-11-19(18)27-31(3,29)30)24-14-9-15-28-17(2)26-20-12-7-8-13-21(20)28;/h5-8,10-13,27H,4,9,14-16H2,1-3H3,(H2,23,24,25);1H. The topological polar surface area (TPSA) is 100 Å². The van der Waals surface area contributed by atoms with Gasteiger partial charge in [-0.1, -0.05) is 30.3 Å². The zero-order valence-corrected chi connectivity index (χ0v) is 21.8. The highest BCUT2D eigenvalue weighted by atomic mass is 127. The van der Waals surface area contributed by atoms with Crippen molar-refractivity contribution in [1.82, 2.24) is 20.2 Å². The number of para-hydroxylation sites is 3. The van der Waals surface area contributed by atoms with E-state index in [0.29, 0.717) is 18.2 Å². The summed E-state index contributed by atoms with van der Waals surface area (Å²) in [6.45, 7) is 6.75. The zero-order chi connectivity index (χ0) is 22.3. The third kappa shape index (κ3) is 7.37. The van der Waals surface area contributed by atoms with Crippen molar-refractivity contribution in [3.05, 3.63) is 59.9 Å². The van der Waals surface area contributed by atoms with Crippen molar-refractivity contribution < 1.29 is 8.42 Å². The first-order chi connectivity index (χ1) is 14.9. The molecule has 0 atom stereocenters. The third-order valence-electron chi connectivity index (χ3n) is 4.76. The summed E-state index contributed by atoms with van der Waals surface area (Å²) in [5.74, 6) is 1.71. The molecule has 0 aliphatic heterocycles. The van der Waals surface area contributed by atoms with Gasteiger partial charge in [0.1, 0.15) is 5.82 Å². The van der Waals surface area contributed by atoms with Crippen LogP contribution in [-0.4, -0.2) is 43.3 Å². The first-order valence-corrected chi connectivity index (χ1v) is 12.3. The van der Waals surface area contributed by atoms with E-state index in [0.717, 1.165) is 54.7 Å². The molecule has 0 saturated heterocycles. The van der Waals surface area contributed by atoms with Gasteiger partial charge in [-0.05, 0) is 44.0 Å². The summed E-state index contributed by atoms with van der Waals surface area (Å²) in [5, 5.41) is 6.59. The second-order valence-corrected chi connectivity index (χ2v) is 9.05. The minimum Gasteiger partial charge on any atom is -0.357 e. The molecule has 0 aliphatic carbocycles. The molecule has 1 aromatic heterocycles. The number of hydrogen-bond acceptors (Lipinski definition) is 4. The number of nitrogens with zero attached hydrogens (tertiary/aromatic N) is 3.